The summed E-state index contributed by atoms with van der Waals surface area (Å²) in [6, 6.07) is 17.1. The molecular formula is C20H20N2O3. The van der Waals surface area contributed by atoms with Gasteiger partial charge < -0.3 is 14.6 Å². The van der Waals surface area contributed by atoms with Crippen LogP contribution in [0.25, 0.3) is 10.9 Å². The average Bonchev–Trinajstić information content (AvgIpc) is 2.62. The molecule has 1 amide bonds. The summed E-state index contributed by atoms with van der Waals surface area (Å²) in [7, 11) is 1.59. The number of pyridine rings is 1. The van der Waals surface area contributed by atoms with Crippen LogP contribution in [0.5, 0.6) is 5.75 Å². The molecule has 2 aromatic carbocycles. The highest BCUT2D eigenvalue weighted by atomic mass is 16.5. The Hall–Kier alpha value is -3.08. The Bertz CT molecular complexity index is 948. The number of ether oxygens (including phenoxy) is 1. The van der Waals surface area contributed by atoms with E-state index in [-0.39, 0.29) is 18.0 Å². The summed E-state index contributed by atoms with van der Waals surface area (Å²) in [6.45, 7) is 2.25. The van der Waals surface area contributed by atoms with Crippen LogP contribution in [-0.4, -0.2) is 22.9 Å². The van der Waals surface area contributed by atoms with Crippen LogP contribution in [0.2, 0.25) is 0 Å². The fourth-order valence-electron chi connectivity index (χ4n) is 2.76. The molecule has 1 N–H and O–H groups in total. The van der Waals surface area contributed by atoms with E-state index in [2.05, 4.69) is 4.98 Å². The van der Waals surface area contributed by atoms with Gasteiger partial charge in [-0.3, -0.25) is 9.59 Å². The molecule has 5 heteroatoms. The Labute approximate surface area is 145 Å². The van der Waals surface area contributed by atoms with Crippen molar-refractivity contribution >= 4 is 16.8 Å². The number of H-pyrrole nitrogens is 1. The van der Waals surface area contributed by atoms with Gasteiger partial charge in [-0.15, -0.1) is 0 Å². The highest BCUT2D eigenvalue weighted by molar-refractivity contribution is 5.80. The van der Waals surface area contributed by atoms with Crippen molar-refractivity contribution in [2.24, 2.45) is 0 Å². The van der Waals surface area contributed by atoms with E-state index >= 15 is 0 Å². The third-order valence-corrected chi connectivity index (χ3v) is 4.15. The Morgan fingerprint density at radius 1 is 1.08 bits per heavy atom. The molecule has 0 fully saturated rings. The molecule has 1 heterocycles. The SMILES string of the molecule is COc1ccc2cc(CN(Cc3ccccc3)C(C)=O)c(=O)[nH]c2c1. The van der Waals surface area contributed by atoms with Crippen molar-refractivity contribution in [3.63, 3.8) is 0 Å². The molecule has 0 unspecified atom stereocenters. The van der Waals surface area contributed by atoms with Gasteiger partial charge in [-0.2, -0.15) is 0 Å². The average molecular weight is 336 g/mol. The predicted octanol–water partition coefficient (Wildman–Crippen LogP) is 3.09. The van der Waals surface area contributed by atoms with Crippen LogP contribution in [0.15, 0.2) is 59.4 Å². The third kappa shape index (κ3) is 3.88. The van der Waals surface area contributed by atoms with Crippen molar-refractivity contribution in [1.29, 1.82) is 0 Å². The summed E-state index contributed by atoms with van der Waals surface area (Å²) < 4.78 is 5.18. The molecule has 0 radical (unpaired) electrons. The van der Waals surface area contributed by atoms with Gasteiger partial charge in [-0.25, -0.2) is 0 Å². The van der Waals surface area contributed by atoms with E-state index in [1.807, 2.05) is 48.5 Å². The minimum atomic E-state index is -0.194. The van der Waals surface area contributed by atoms with Crippen molar-refractivity contribution in [2.75, 3.05) is 7.11 Å². The zero-order valence-corrected chi connectivity index (χ0v) is 14.3. The fraction of sp³-hybridized carbons (Fsp3) is 0.200. The molecule has 128 valence electrons. The lowest BCUT2D eigenvalue weighted by Crippen LogP contribution is -2.30. The largest absolute Gasteiger partial charge is 0.497 e. The maximum atomic E-state index is 12.4. The second kappa shape index (κ2) is 7.21. The zero-order valence-electron chi connectivity index (χ0n) is 14.3. The number of carbonyl (C=O) groups excluding carboxylic acids is 1. The van der Waals surface area contributed by atoms with Crippen molar-refractivity contribution in [3.8, 4) is 5.75 Å². The van der Waals surface area contributed by atoms with Crippen LogP contribution in [-0.2, 0) is 17.9 Å². The number of aromatic amines is 1. The monoisotopic (exact) mass is 336 g/mol. The number of aromatic nitrogens is 1. The maximum Gasteiger partial charge on any atom is 0.253 e. The van der Waals surface area contributed by atoms with Crippen molar-refractivity contribution in [2.45, 2.75) is 20.0 Å². The van der Waals surface area contributed by atoms with Gasteiger partial charge in [0, 0.05) is 25.1 Å². The molecule has 3 rings (SSSR count). The second-order valence-corrected chi connectivity index (χ2v) is 5.94. The summed E-state index contributed by atoms with van der Waals surface area (Å²) in [5, 5.41) is 0.901. The standard InChI is InChI=1S/C20H20N2O3/c1-14(23)22(12-15-6-4-3-5-7-15)13-17-10-16-8-9-18(25-2)11-19(16)21-20(17)24/h3-11H,12-13H2,1-2H3,(H,21,24). The summed E-state index contributed by atoms with van der Waals surface area (Å²) >= 11 is 0. The smallest absolute Gasteiger partial charge is 0.253 e. The first-order valence-electron chi connectivity index (χ1n) is 8.06. The molecule has 0 aliphatic heterocycles. The van der Waals surface area contributed by atoms with E-state index in [1.165, 1.54) is 6.92 Å². The van der Waals surface area contributed by atoms with Crippen LogP contribution in [0.4, 0.5) is 0 Å². The fourth-order valence-corrected chi connectivity index (χ4v) is 2.76. The van der Waals surface area contributed by atoms with E-state index in [4.69, 9.17) is 4.74 Å². The van der Waals surface area contributed by atoms with Gasteiger partial charge in [0.15, 0.2) is 0 Å². The summed E-state index contributed by atoms with van der Waals surface area (Å²) in [5.74, 6) is 0.614. The number of hydrogen-bond donors (Lipinski definition) is 1. The molecule has 25 heavy (non-hydrogen) atoms. The summed E-state index contributed by atoms with van der Waals surface area (Å²) in [6.07, 6.45) is 0. The van der Waals surface area contributed by atoms with E-state index in [0.717, 1.165) is 10.9 Å². The maximum absolute atomic E-state index is 12.4. The van der Waals surface area contributed by atoms with Crippen molar-refractivity contribution in [3.05, 3.63) is 76.1 Å². The molecule has 0 aliphatic rings. The van der Waals surface area contributed by atoms with Crippen LogP contribution >= 0.6 is 0 Å². The molecule has 0 saturated heterocycles. The Morgan fingerprint density at radius 2 is 1.84 bits per heavy atom. The van der Waals surface area contributed by atoms with Crippen LogP contribution in [0.3, 0.4) is 0 Å². The highest BCUT2D eigenvalue weighted by Crippen LogP contribution is 2.19. The van der Waals surface area contributed by atoms with Gasteiger partial charge in [0.2, 0.25) is 5.91 Å². The molecular weight excluding hydrogens is 316 g/mol. The lowest BCUT2D eigenvalue weighted by atomic mass is 10.1. The number of hydrogen-bond acceptors (Lipinski definition) is 3. The lowest BCUT2D eigenvalue weighted by Gasteiger charge is -2.21. The quantitative estimate of drug-likeness (QED) is 0.779. The van der Waals surface area contributed by atoms with Crippen LogP contribution in [0.1, 0.15) is 18.1 Å². The topological polar surface area (TPSA) is 62.4 Å². The Balaban J connectivity index is 1.90. The first-order chi connectivity index (χ1) is 12.1. The molecule has 1 aromatic heterocycles. The summed E-state index contributed by atoms with van der Waals surface area (Å²) in [4.78, 5) is 28.9. The second-order valence-electron chi connectivity index (χ2n) is 5.94. The number of carbonyl (C=O) groups is 1. The minimum Gasteiger partial charge on any atom is -0.497 e. The number of benzene rings is 2. The first-order valence-corrected chi connectivity index (χ1v) is 8.06. The van der Waals surface area contributed by atoms with Crippen molar-refractivity contribution < 1.29 is 9.53 Å². The van der Waals surface area contributed by atoms with E-state index in [9.17, 15) is 9.59 Å². The number of rotatable bonds is 5. The molecule has 0 spiro atoms. The minimum absolute atomic E-state index is 0.0712. The van der Waals surface area contributed by atoms with Gasteiger partial charge in [-0.1, -0.05) is 30.3 Å². The summed E-state index contributed by atoms with van der Waals surface area (Å²) in [5.41, 5.74) is 2.11. The highest BCUT2D eigenvalue weighted by Gasteiger charge is 2.13. The molecule has 0 saturated carbocycles. The molecule has 0 aliphatic carbocycles. The van der Waals surface area contributed by atoms with E-state index in [1.54, 1.807) is 18.1 Å². The third-order valence-electron chi connectivity index (χ3n) is 4.15. The molecule has 0 atom stereocenters. The number of fused-ring (bicyclic) bond motifs is 1. The number of methoxy groups -OCH3 is 1. The van der Waals surface area contributed by atoms with Crippen LogP contribution < -0.4 is 10.3 Å². The Morgan fingerprint density at radius 3 is 2.52 bits per heavy atom. The van der Waals surface area contributed by atoms with Gasteiger partial charge in [-0.05, 0) is 29.1 Å². The first kappa shape index (κ1) is 16.8. The molecule has 5 nitrogen and oxygen atoms in total. The van der Waals surface area contributed by atoms with Gasteiger partial charge in [0.25, 0.3) is 5.56 Å². The lowest BCUT2D eigenvalue weighted by molar-refractivity contribution is -0.130. The number of nitrogens with zero attached hydrogens (tertiary/aromatic N) is 1. The van der Waals surface area contributed by atoms with Gasteiger partial charge in [0.1, 0.15) is 5.75 Å². The zero-order chi connectivity index (χ0) is 17.8. The molecule has 3 aromatic rings. The Kier molecular flexibility index (Phi) is 4.84. The number of amides is 1. The predicted molar refractivity (Wildman–Crippen MR) is 97.5 cm³/mol. The van der Waals surface area contributed by atoms with E-state index < -0.39 is 0 Å². The number of nitrogens with one attached hydrogen (secondary N) is 1. The van der Waals surface area contributed by atoms with Gasteiger partial charge in [0.05, 0.1) is 19.2 Å². The normalized spacial score (nSPS) is 10.6. The molecule has 0 bridgehead atoms. The van der Waals surface area contributed by atoms with Crippen molar-refractivity contribution in [1.82, 2.24) is 9.88 Å². The van der Waals surface area contributed by atoms with Crippen LogP contribution in [0, 0.1) is 0 Å². The van der Waals surface area contributed by atoms with E-state index in [0.29, 0.717) is 23.4 Å². The van der Waals surface area contributed by atoms with Gasteiger partial charge >= 0.3 is 0 Å².